The summed E-state index contributed by atoms with van der Waals surface area (Å²) in [7, 11) is 0. The van der Waals surface area contributed by atoms with E-state index >= 15 is 0 Å². The molecule has 0 radical (unpaired) electrons. The zero-order valence-electron chi connectivity index (χ0n) is 12.9. The average Bonchev–Trinajstić information content (AvgIpc) is 2.86. The Labute approximate surface area is 142 Å². The summed E-state index contributed by atoms with van der Waals surface area (Å²) < 4.78 is 5.87. The van der Waals surface area contributed by atoms with Crippen molar-refractivity contribution in [2.75, 3.05) is 0 Å². The van der Waals surface area contributed by atoms with Crippen molar-refractivity contribution < 1.29 is 19.1 Å². The van der Waals surface area contributed by atoms with Gasteiger partial charge in [-0.2, -0.15) is 0 Å². The Morgan fingerprint density at radius 1 is 1.04 bits per heavy atom. The van der Waals surface area contributed by atoms with Crippen molar-refractivity contribution in [3.8, 4) is 11.5 Å². The molecule has 2 aromatic rings. The summed E-state index contributed by atoms with van der Waals surface area (Å²) in [6.45, 7) is 0. The number of amides is 5. The lowest BCUT2D eigenvalue weighted by molar-refractivity contribution is -0.129. The summed E-state index contributed by atoms with van der Waals surface area (Å²) in [5, 5.41) is 4.65. The van der Waals surface area contributed by atoms with Crippen LogP contribution in [0.1, 0.15) is 17.2 Å². The quantitative estimate of drug-likeness (QED) is 0.719. The fraction of sp³-hybridized carbons (Fsp3) is 0.118. The second-order valence-electron chi connectivity index (χ2n) is 5.68. The third kappa shape index (κ3) is 2.35. The van der Waals surface area contributed by atoms with Crippen molar-refractivity contribution >= 4 is 18.0 Å². The molecule has 25 heavy (non-hydrogen) atoms. The molecule has 126 valence electrons. The van der Waals surface area contributed by atoms with Gasteiger partial charge in [-0.3, -0.25) is 4.79 Å². The highest BCUT2D eigenvalue weighted by Crippen LogP contribution is 2.46. The molecule has 4 rings (SSSR count). The van der Waals surface area contributed by atoms with E-state index in [1.54, 1.807) is 36.4 Å². The van der Waals surface area contributed by atoms with Gasteiger partial charge < -0.3 is 21.1 Å². The van der Waals surface area contributed by atoms with Crippen LogP contribution in [0, 0.1) is 0 Å². The molecule has 0 spiro atoms. The standard InChI is InChI=1S/C17H14N4O4/c18-16(23)19-14-15(22)21(17(24)20-14)13-9-5-1-3-7-11(9)25-12-8-4-2-6-10(12)13/h1-8,13-14H,(H,20,24)(H3,18,19,23). The Kier molecular flexibility index (Phi) is 3.31. The summed E-state index contributed by atoms with van der Waals surface area (Å²) in [5.74, 6) is 0.552. The van der Waals surface area contributed by atoms with Crippen molar-refractivity contribution in [2.24, 2.45) is 5.73 Å². The van der Waals surface area contributed by atoms with E-state index in [0.29, 0.717) is 22.6 Å². The number of primary amides is 1. The highest BCUT2D eigenvalue weighted by molar-refractivity contribution is 6.06. The van der Waals surface area contributed by atoms with Crippen molar-refractivity contribution in [2.45, 2.75) is 12.2 Å². The van der Waals surface area contributed by atoms with E-state index in [-0.39, 0.29) is 0 Å². The lowest BCUT2D eigenvalue weighted by Crippen LogP contribution is -2.48. The Hall–Kier alpha value is -3.55. The zero-order chi connectivity index (χ0) is 17.6. The van der Waals surface area contributed by atoms with Crippen LogP contribution >= 0.6 is 0 Å². The topological polar surface area (TPSA) is 114 Å². The number of carbonyl (C=O) groups is 3. The molecular formula is C17H14N4O4. The lowest BCUT2D eigenvalue weighted by Gasteiger charge is -2.32. The van der Waals surface area contributed by atoms with Gasteiger partial charge in [0.05, 0.1) is 6.04 Å². The predicted octanol–water partition coefficient (Wildman–Crippen LogP) is 1.43. The van der Waals surface area contributed by atoms with E-state index in [9.17, 15) is 14.4 Å². The van der Waals surface area contributed by atoms with E-state index < -0.39 is 30.2 Å². The number of ether oxygens (including phenoxy) is 1. The molecule has 2 aromatic carbocycles. The number of fused-ring (bicyclic) bond motifs is 2. The molecule has 8 heteroatoms. The van der Waals surface area contributed by atoms with Crippen LogP contribution in [0.5, 0.6) is 11.5 Å². The van der Waals surface area contributed by atoms with Crippen LogP contribution < -0.4 is 21.1 Å². The fourth-order valence-corrected chi connectivity index (χ4v) is 3.14. The molecule has 1 saturated heterocycles. The molecule has 8 nitrogen and oxygen atoms in total. The monoisotopic (exact) mass is 338 g/mol. The Morgan fingerprint density at radius 3 is 2.16 bits per heavy atom. The highest BCUT2D eigenvalue weighted by atomic mass is 16.5. The maximum atomic E-state index is 12.7. The Morgan fingerprint density at radius 2 is 1.60 bits per heavy atom. The molecule has 2 heterocycles. The molecule has 5 amide bonds. The summed E-state index contributed by atoms with van der Waals surface area (Å²) in [5.41, 5.74) is 6.43. The van der Waals surface area contributed by atoms with Gasteiger partial charge in [0.25, 0.3) is 5.91 Å². The SMILES string of the molecule is NC(=O)NC1NC(=O)N(C2c3ccccc3Oc3ccccc32)C1=O. The first-order valence-electron chi connectivity index (χ1n) is 7.61. The first-order chi connectivity index (χ1) is 12.1. The van der Waals surface area contributed by atoms with Crippen LogP contribution in [-0.4, -0.2) is 29.0 Å². The molecule has 2 aliphatic heterocycles. The fourth-order valence-electron chi connectivity index (χ4n) is 3.14. The number of benzene rings is 2. The van der Waals surface area contributed by atoms with E-state index in [4.69, 9.17) is 10.5 Å². The number of para-hydroxylation sites is 2. The zero-order valence-corrected chi connectivity index (χ0v) is 12.9. The van der Waals surface area contributed by atoms with Crippen LogP contribution in [0.2, 0.25) is 0 Å². The minimum absolute atomic E-state index is 0.568. The van der Waals surface area contributed by atoms with Crippen LogP contribution in [0.4, 0.5) is 9.59 Å². The molecule has 1 atom stereocenters. The lowest BCUT2D eigenvalue weighted by atomic mass is 9.93. The molecule has 0 aliphatic carbocycles. The first kappa shape index (κ1) is 15.0. The van der Waals surface area contributed by atoms with E-state index in [0.717, 1.165) is 4.90 Å². The second kappa shape index (κ2) is 5.52. The third-order valence-electron chi connectivity index (χ3n) is 4.16. The first-order valence-corrected chi connectivity index (χ1v) is 7.61. The number of nitrogens with two attached hydrogens (primary N) is 1. The van der Waals surface area contributed by atoms with Crippen LogP contribution in [0.3, 0.4) is 0 Å². The minimum Gasteiger partial charge on any atom is -0.457 e. The highest BCUT2D eigenvalue weighted by Gasteiger charge is 2.46. The van der Waals surface area contributed by atoms with Crippen LogP contribution in [0.15, 0.2) is 48.5 Å². The van der Waals surface area contributed by atoms with Crippen molar-refractivity contribution in [3.05, 3.63) is 59.7 Å². The maximum Gasteiger partial charge on any atom is 0.327 e. The molecular weight excluding hydrogens is 324 g/mol. The maximum absolute atomic E-state index is 12.7. The van der Waals surface area contributed by atoms with Gasteiger partial charge in [-0.05, 0) is 12.1 Å². The summed E-state index contributed by atoms with van der Waals surface area (Å²) in [4.78, 5) is 37.3. The number of hydrogen-bond acceptors (Lipinski definition) is 4. The largest absolute Gasteiger partial charge is 0.457 e. The van der Waals surface area contributed by atoms with Crippen LogP contribution in [0.25, 0.3) is 0 Å². The normalized spacial score (nSPS) is 18.9. The number of rotatable bonds is 2. The number of imide groups is 1. The Balaban J connectivity index is 1.81. The Bertz CT molecular complexity index is 852. The van der Waals surface area contributed by atoms with E-state index in [2.05, 4.69) is 10.6 Å². The number of nitrogens with zero attached hydrogens (tertiary/aromatic N) is 1. The summed E-state index contributed by atoms with van der Waals surface area (Å²) >= 11 is 0. The number of carbonyl (C=O) groups excluding carboxylic acids is 3. The van der Waals surface area contributed by atoms with Gasteiger partial charge in [0.1, 0.15) is 11.5 Å². The third-order valence-corrected chi connectivity index (χ3v) is 4.16. The van der Waals surface area contributed by atoms with E-state index in [1.165, 1.54) is 0 Å². The molecule has 0 bridgehead atoms. The molecule has 1 fully saturated rings. The minimum atomic E-state index is -1.19. The summed E-state index contributed by atoms with van der Waals surface area (Å²) in [6.07, 6.45) is -1.19. The number of nitrogens with one attached hydrogen (secondary N) is 2. The molecule has 0 aromatic heterocycles. The van der Waals surface area contributed by atoms with Gasteiger partial charge in [-0.1, -0.05) is 36.4 Å². The van der Waals surface area contributed by atoms with Gasteiger partial charge in [0.15, 0.2) is 6.17 Å². The number of urea groups is 2. The van der Waals surface area contributed by atoms with Crippen molar-refractivity contribution in [1.29, 1.82) is 0 Å². The van der Waals surface area contributed by atoms with Gasteiger partial charge in [-0.25, -0.2) is 14.5 Å². The average molecular weight is 338 g/mol. The number of hydrogen-bond donors (Lipinski definition) is 3. The molecule has 0 saturated carbocycles. The second-order valence-corrected chi connectivity index (χ2v) is 5.68. The van der Waals surface area contributed by atoms with Gasteiger partial charge in [0.2, 0.25) is 0 Å². The summed E-state index contributed by atoms with van der Waals surface area (Å²) in [6, 6.07) is 12.2. The van der Waals surface area contributed by atoms with Gasteiger partial charge in [0, 0.05) is 11.1 Å². The molecule has 4 N–H and O–H groups in total. The molecule has 1 unspecified atom stereocenters. The van der Waals surface area contributed by atoms with Crippen molar-refractivity contribution in [1.82, 2.24) is 15.5 Å². The van der Waals surface area contributed by atoms with Crippen LogP contribution in [-0.2, 0) is 4.79 Å². The van der Waals surface area contributed by atoms with Gasteiger partial charge >= 0.3 is 12.1 Å². The predicted molar refractivity (Wildman–Crippen MR) is 86.7 cm³/mol. The van der Waals surface area contributed by atoms with Gasteiger partial charge in [-0.15, -0.1) is 0 Å². The molecule has 2 aliphatic rings. The van der Waals surface area contributed by atoms with Crippen molar-refractivity contribution in [3.63, 3.8) is 0 Å². The smallest absolute Gasteiger partial charge is 0.327 e. The van der Waals surface area contributed by atoms with E-state index in [1.807, 2.05) is 12.1 Å².